The Morgan fingerprint density at radius 2 is 1.49 bits per heavy atom. The highest BCUT2D eigenvalue weighted by Crippen LogP contribution is 2.31. The molecular formula is C63H64N12O8. The standard InChI is InChI=1S/C63H64N12O8/c1-42-15-13-23-51(68-42)60-59(48-27-30-55-66-41-67-75(55)38-48)71-54(72-60)39-73(37-47-20-10-11-22-50(47)45-18-7-3-8-19-45)63(82)83-40-44-25-28-49(29-26-44)69-61(80)46(21-14-33-65-62(64)81)36-53(76)52(35-43-16-5-2-6-17-43)70-56(77)24-9-4-12-34-74-57(78)31-32-58(74)79/h2-3,5-8,10-11,13,15-20,22-23,25-32,38,41,46,52H,4,9,12,14,21,24,33-37,39-40H2,1H3,(H,69,80)(H,70,77)(H,71,72)(H3,64,65,81)/t46-,52+/m1/s1. The van der Waals surface area contributed by atoms with Gasteiger partial charge >= 0.3 is 12.1 Å². The SMILES string of the molecule is Cc1cccc(-c2[nH]c(CN(Cc3ccccc3-c3ccccc3)C(=O)OCc3ccc(NC(=O)[C@H](CCCNC(N)=O)CC(=O)[C@H](Cc4ccccc4)NC(=O)CCCCCN4C(=O)C=CC4=O)cc3)nc2-c2ccc3ncnn3c2)n1. The average Bonchev–Trinajstić information content (AvgIpc) is 3.83. The maximum atomic E-state index is 14.5. The summed E-state index contributed by atoms with van der Waals surface area (Å²) < 4.78 is 7.73. The second kappa shape index (κ2) is 27.9. The number of nitrogens with one attached hydrogen (secondary N) is 4. The summed E-state index contributed by atoms with van der Waals surface area (Å²) in [7, 11) is 0. The highest BCUT2D eigenvalue weighted by molar-refractivity contribution is 6.12. The maximum Gasteiger partial charge on any atom is 0.410 e. The Bertz CT molecular complexity index is 3600. The lowest BCUT2D eigenvalue weighted by atomic mass is 9.90. The van der Waals surface area contributed by atoms with Crippen molar-refractivity contribution < 1.29 is 38.3 Å². The Morgan fingerprint density at radius 3 is 2.25 bits per heavy atom. The molecule has 0 saturated carbocycles. The summed E-state index contributed by atoms with van der Waals surface area (Å²) in [6.45, 7) is 2.43. The lowest BCUT2D eigenvalue weighted by Crippen LogP contribution is -2.43. The van der Waals surface area contributed by atoms with E-state index in [0.717, 1.165) is 38.4 Å². The van der Waals surface area contributed by atoms with Gasteiger partial charge in [0.2, 0.25) is 11.8 Å². The van der Waals surface area contributed by atoms with Crippen LogP contribution < -0.4 is 21.7 Å². The second-order valence-corrected chi connectivity index (χ2v) is 20.3. The minimum atomic E-state index is -0.946. The molecule has 5 heterocycles. The highest BCUT2D eigenvalue weighted by Gasteiger charge is 2.29. The number of urea groups is 1. The highest BCUT2D eigenvalue weighted by atomic mass is 16.6. The van der Waals surface area contributed by atoms with Crippen molar-refractivity contribution in [3.05, 3.63) is 192 Å². The van der Waals surface area contributed by atoms with Crippen LogP contribution >= 0.6 is 0 Å². The van der Waals surface area contributed by atoms with E-state index >= 15 is 0 Å². The molecule has 0 spiro atoms. The molecule has 1 aliphatic rings. The first-order valence-electron chi connectivity index (χ1n) is 27.5. The van der Waals surface area contributed by atoms with Gasteiger partial charge in [0.25, 0.3) is 11.8 Å². The summed E-state index contributed by atoms with van der Waals surface area (Å²) in [5, 5.41) is 12.7. The van der Waals surface area contributed by atoms with Gasteiger partial charge in [0, 0.05) is 67.1 Å². The third-order valence-corrected chi connectivity index (χ3v) is 14.1. The molecule has 0 unspecified atom stereocenters. The van der Waals surface area contributed by atoms with Crippen molar-refractivity contribution in [1.82, 2.24) is 50.0 Å². The molecule has 8 aromatic rings. The molecule has 20 nitrogen and oxygen atoms in total. The summed E-state index contributed by atoms with van der Waals surface area (Å²) in [4.78, 5) is 112. The number of fused-ring (bicyclic) bond motifs is 1. The number of rotatable bonds is 27. The predicted molar refractivity (Wildman–Crippen MR) is 311 cm³/mol. The largest absolute Gasteiger partial charge is 0.445 e. The third kappa shape index (κ3) is 15.8. The van der Waals surface area contributed by atoms with Crippen molar-refractivity contribution in [2.24, 2.45) is 11.7 Å². The predicted octanol–water partition coefficient (Wildman–Crippen LogP) is 8.67. The zero-order chi connectivity index (χ0) is 58.1. The molecular weight excluding hydrogens is 1050 g/mol. The fourth-order valence-electron chi connectivity index (χ4n) is 9.84. The zero-order valence-corrected chi connectivity index (χ0v) is 45.9. The van der Waals surface area contributed by atoms with Gasteiger partial charge in [-0.2, -0.15) is 5.10 Å². The second-order valence-electron chi connectivity index (χ2n) is 20.3. The summed E-state index contributed by atoms with van der Waals surface area (Å²) in [5.41, 5.74) is 14.2. The average molecular weight is 1120 g/mol. The molecule has 0 fully saturated rings. The number of imidazole rings is 1. The van der Waals surface area contributed by atoms with E-state index in [-0.39, 0.29) is 82.0 Å². The normalized spacial score (nSPS) is 12.7. The Hall–Kier alpha value is -10.1. The van der Waals surface area contributed by atoms with Crippen LogP contribution in [-0.4, -0.2) is 100 Å². The maximum absolute atomic E-state index is 14.5. The molecule has 0 bridgehead atoms. The summed E-state index contributed by atoms with van der Waals surface area (Å²) in [6.07, 6.45) is 7.40. The van der Waals surface area contributed by atoms with Crippen LogP contribution in [0.3, 0.4) is 0 Å². The number of H-pyrrole nitrogens is 1. The van der Waals surface area contributed by atoms with Gasteiger partial charge < -0.3 is 31.4 Å². The minimum absolute atomic E-state index is 0.0338. The number of Topliss-reactive ketones (excluding diaryl/α,β-unsaturated/α-hetero) is 1. The van der Waals surface area contributed by atoms with Gasteiger partial charge in [-0.3, -0.25) is 38.8 Å². The summed E-state index contributed by atoms with van der Waals surface area (Å²) in [5.74, 6) is -2.22. The van der Waals surface area contributed by atoms with E-state index in [9.17, 15) is 33.6 Å². The van der Waals surface area contributed by atoms with Crippen molar-refractivity contribution in [1.29, 1.82) is 0 Å². The first kappa shape index (κ1) is 57.6. The Balaban J connectivity index is 0.882. The molecule has 0 aliphatic carbocycles. The van der Waals surface area contributed by atoms with Crippen LogP contribution in [0.25, 0.3) is 39.4 Å². The molecule has 0 radical (unpaired) electrons. The van der Waals surface area contributed by atoms with Gasteiger partial charge in [-0.25, -0.2) is 24.1 Å². The van der Waals surface area contributed by atoms with Crippen LogP contribution in [0.5, 0.6) is 0 Å². The number of aromatic amines is 1. The number of nitrogens with two attached hydrogens (primary N) is 1. The third-order valence-electron chi connectivity index (χ3n) is 14.1. The number of hydrogen-bond donors (Lipinski definition) is 5. The lowest BCUT2D eigenvalue weighted by Gasteiger charge is -2.23. The number of primary amides is 1. The fourth-order valence-corrected chi connectivity index (χ4v) is 9.84. The molecule has 4 aromatic carbocycles. The van der Waals surface area contributed by atoms with Crippen LogP contribution in [0.4, 0.5) is 15.3 Å². The molecule has 424 valence electrons. The van der Waals surface area contributed by atoms with Crippen LogP contribution in [0.2, 0.25) is 0 Å². The molecule has 83 heavy (non-hydrogen) atoms. The van der Waals surface area contributed by atoms with E-state index in [1.54, 1.807) is 33.7 Å². The molecule has 0 saturated heterocycles. The Morgan fingerprint density at radius 1 is 0.747 bits per heavy atom. The smallest absolute Gasteiger partial charge is 0.410 e. The van der Waals surface area contributed by atoms with Gasteiger partial charge in [0.15, 0.2) is 11.4 Å². The molecule has 20 heteroatoms. The summed E-state index contributed by atoms with van der Waals surface area (Å²) in [6, 6.07) is 41.7. The van der Waals surface area contributed by atoms with E-state index in [1.165, 1.54) is 18.5 Å². The van der Waals surface area contributed by atoms with E-state index in [2.05, 4.69) is 31.0 Å². The number of aromatic nitrogens is 6. The minimum Gasteiger partial charge on any atom is -0.445 e. The number of hydrogen-bond acceptors (Lipinski definition) is 12. The molecule has 4 aromatic heterocycles. The number of nitrogens with zero attached hydrogens (tertiary/aromatic N) is 7. The van der Waals surface area contributed by atoms with Crippen LogP contribution in [0.15, 0.2) is 164 Å². The Labute approximate surface area is 479 Å². The molecule has 1 aliphatic heterocycles. The number of imide groups is 1. The van der Waals surface area contributed by atoms with E-state index in [0.29, 0.717) is 65.5 Å². The number of aryl methyl sites for hydroxylation is 1. The van der Waals surface area contributed by atoms with Crippen molar-refractivity contribution in [2.75, 3.05) is 18.4 Å². The van der Waals surface area contributed by atoms with Crippen molar-refractivity contribution in [3.63, 3.8) is 0 Å². The number of ketones is 1. The lowest BCUT2D eigenvalue weighted by molar-refractivity contribution is -0.137. The van der Waals surface area contributed by atoms with Gasteiger partial charge in [0.1, 0.15) is 18.8 Å². The topological polar surface area (TPSA) is 269 Å². The quantitative estimate of drug-likeness (QED) is 0.0239. The van der Waals surface area contributed by atoms with Gasteiger partial charge in [-0.05, 0) is 103 Å². The van der Waals surface area contributed by atoms with E-state index in [1.807, 2.05) is 128 Å². The van der Waals surface area contributed by atoms with Crippen LogP contribution in [-0.2, 0) is 54.8 Å². The van der Waals surface area contributed by atoms with Gasteiger partial charge in [-0.15, -0.1) is 0 Å². The zero-order valence-electron chi connectivity index (χ0n) is 45.9. The van der Waals surface area contributed by atoms with Gasteiger partial charge in [-0.1, -0.05) is 110 Å². The molecule has 9 rings (SSSR count). The van der Waals surface area contributed by atoms with E-state index < -0.39 is 30.0 Å². The fraction of sp³-hybridized carbons (Fsp3) is 0.254. The van der Waals surface area contributed by atoms with Crippen LogP contribution in [0, 0.1) is 12.8 Å². The van der Waals surface area contributed by atoms with Crippen molar-refractivity contribution >= 4 is 52.9 Å². The van der Waals surface area contributed by atoms with Crippen molar-refractivity contribution in [2.45, 2.75) is 84.0 Å². The molecule has 7 amide bonds. The van der Waals surface area contributed by atoms with E-state index in [4.69, 9.17) is 20.4 Å². The van der Waals surface area contributed by atoms with Crippen molar-refractivity contribution in [3.8, 4) is 33.8 Å². The number of amides is 7. The molecule has 2 atom stereocenters. The van der Waals surface area contributed by atoms with Crippen LogP contribution in [0.1, 0.15) is 73.2 Å². The number of pyridine rings is 2. The van der Waals surface area contributed by atoms with Gasteiger partial charge in [0.05, 0.1) is 36.2 Å². The number of carbonyl (C=O) groups is 7. The molecule has 6 N–H and O–H groups in total. The first-order valence-corrected chi connectivity index (χ1v) is 27.5. The summed E-state index contributed by atoms with van der Waals surface area (Å²) >= 11 is 0. The Kier molecular flexibility index (Phi) is 19.3. The number of carbonyl (C=O) groups excluding carboxylic acids is 7. The number of benzene rings is 4. The number of unbranched alkanes of at least 4 members (excludes halogenated alkanes) is 2. The monoisotopic (exact) mass is 1120 g/mol. The first-order chi connectivity index (χ1) is 40.3. The number of anilines is 1. The number of ether oxygens (including phenoxy) is 1.